The molecule has 0 aliphatic carbocycles. The number of aromatic nitrogens is 4. The zero-order valence-electron chi connectivity index (χ0n) is 21.4. The summed E-state index contributed by atoms with van der Waals surface area (Å²) in [7, 11) is -4.07. The third-order valence-electron chi connectivity index (χ3n) is 6.01. The van der Waals surface area contributed by atoms with E-state index in [1.165, 1.54) is 24.0 Å². The van der Waals surface area contributed by atoms with Gasteiger partial charge in [-0.1, -0.05) is 25.6 Å². The summed E-state index contributed by atoms with van der Waals surface area (Å²) < 4.78 is 41.8. The van der Waals surface area contributed by atoms with Gasteiger partial charge in [-0.2, -0.15) is 4.98 Å². The van der Waals surface area contributed by atoms with E-state index in [1.54, 1.807) is 20.8 Å². The van der Waals surface area contributed by atoms with Gasteiger partial charge < -0.3 is 25.6 Å². The lowest BCUT2D eigenvalue weighted by Crippen LogP contribution is -2.47. The normalized spacial score (nSPS) is 29.2. The number of phosphoric acid groups is 1. The van der Waals surface area contributed by atoms with Gasteiger partial charge in [0, 0.05) is 12.3 Å². The van der Waals surface area contributed by atoms with Gasteiger partial charge in [-0.25, -0.2) is 19.3 Å². The number of carbonyl (C=O) groups is 2. The lowest BCUT2D eigenvalue weighted by atomic mass is 9.96. The van der Waals surface area contributed by atoms with E-state index in [9.17, 15) is 19.3 Å². The van der Waals surface area contributed by atoms with E-state index in [0.717, 1.165) is 11.8 Å². The Kier molecular flexibility index (Phi) is 8.33. The van der Waals surface area contributed by atoms with Crippen LogP contribution in [0.5, 0.6) is 0 Å². The Balaban J connectivity index is 1.32. The van der Waals surface area contributed by atoms with Gasteiger partial charge in [0.1, 0.15) is 23.3 Å². The number of thioether (sulfide) groups is 1. The molecule has 210 valence electrons. The van der Waals surface area contributed by atoms with Crippen molar-refractivity contribution in [3.8, 4) is 0 Å². The van der Waals surface area contributed by atoms with Gasteiger partial charge in [0.15, 0.2) is 17.0 Å². The molecule has 0 saturated carbocycles. The minimum atomic E-state index is -4.07. The van der Waals surface area contributed by atoms with Gasteiger partial charge in [0.2, 0.25) is 5.95 Å². The quantitative estimate of drug-likeness (QED) is 0.288. The van der Waals surface area contributed by atoms with Crippen molar-refractivity contribution < 1.29 is 42.3 Å². The molecule has 2 aliphatic heterocycles. The number of carbonyl (C=O) groups excluding carboxylic acids is 2. The van der Waals surface area contributed by atoms with E-state index >= 15 is 0 Å². The summed E-state index contributed by atoms with van der Waals surface area (Å²) in [6.07, 6.45) is -0.507. The number of ether oxygens (including phenoxy) is 2. The lowest BCUT2D eigenvalue weighted by molar-refractivity contribution is -0.117. The van der Waals surface area contributed by atoms with Crippen LogP contribution in [0.1, 0.15) is 33.9 Å². The maximum absolute atomic E-state index is 13.1. The van der Waals surface area contributed by atoms with Gasteiger partial charge in [-0.15, -0.1) is 0 Å². The smallest absolute Gasteiger partial charge is 0.450 e. The molecule has 4 N–H and O–H groups in total. The van der Waals surface area contributed by atoms with Crippen LogP contribution in [0.15, 0.2) is 12.5 Å². The van der Waals surface area contributed by atoms with Crippen LogP contribution in [0.2, 0.25) is 0 Å². The van der Waals surface area contributed by atoms with Crippen molar-refractivity contribution in [3.63, 3.8) is 0 Å². The zero-order valence-corrected chi connectivity index (χ0v) is 23.1. The highest BCUT2D eigenvalue weighted by Gasteiger charge is 2.60. The summed E-state index contributed by atoms with van der Waals surface area (Å²) in [4.78, 5) is 36.3. The van der Waals surface area contributed by atoms with Crippen molar-refractivity contribution in [3.05, 3.63) is 12.5 Å². The second-order valence-corrected chi connectivity index (χ2v) is 12.2. The number of anilines is 1. The number of alkyl carbamates (subject to hydrolysis) is 1. The monoisotopic (exact) mass is 574 g/mol. The molecule has 1 amide bonds. The van der Waals surface area contributed by atoms with Gasteiger partial charge in [0.25, 0.3) is 0 Å². The molecule has 4 heterocycles. The van der Waals surface area contributed by atoms with Crippen molar-refractivity contribution in [1.82, 2.24) is 24.8 Å². The molecule has 2 aromatic heterocycles. The van der Waals surface area contributed by atoms with Crippen molar-refractivity contribution in [1.29, 1.82) is 0 Å². The van der Waals surface area contributed by atoms with Crippen LogP contribution in [0, 0.1) is 5.41 Å². The third kappa shape index (κ3) is 5.96. The molecule has 15 nitrogen and oxygen atoms in total. The molecule has 4 rings (SSSR count). The standard InChI is InChI=1S/C21H31N6O9PS/c1-5-32-19(29)24-10-20(2,3)17(28)38-7-6-33-37(31)34-9-13-14(36-37)21(4,30)16(35-13)27-11-25-12-8-23-18(22)26-15(12)27/h8,11,13-14,16,30H,5-7,9-10H2,1-4H3,(H,24,29)(H2,22,23,26)/t13-,14-,16-,21-,37-/m1/s1. The minimum absolute atomic E-state index is 0.0294. The Bertz CT molecular complexity index is 1240. The first kappa shape index (κ1) is 28.7. The number of nitrogens with one attached hydrogen (secondary N) is 1. The summed E-state index contributed by atoms with van der Waals surface area (Å²) in [5, 5.41) is 13.7. The fourth-order valence-corrected chi connectivity index (χ4v) is 6.39. The Hall–Kier alpha value is -2.33. The highest BCUT2D eigenvalue weighted by molar-refractivity contribution is 8.13. The summed E-state index contributed by atoms with van der Waals surface area (Å²) in [6, 6.07) is 0. The number of nitrogens with two attached hydrogens (primary N) is 1. The fraction of sp³-hybridized carbons (Fsp3) is 0.667. The lowest BCUT2D eigenvalue weighted by Gasteiger charge is -2.35. The van der Waals surface area contributed by atoms with Crippen LogP contribution < -0.4 is 11.1 Å². The van der Waals surface area contributed by atoms with Crippen LogP contribution in [-0.4, -0.2) is 85.8 Å². The zero-order chi connectivity index (χ0) is 27.7. The molecule has 2 saturated heterocycles. The Labute approximate surface area is 222 Å². The predicted octanol–water partition coefficient (Wildman–Crippen LogP) is 1.63. The number of phosphoric ester groups is 1. The van der Waals surface area contributed by atoms with Gasteiger partial charge in [-0.3, -0.25) is 22.9 Å². The molecule has 0 radical (unpaired) electrons. The van der Waals surface area contributed by atoms with Crippen molar-refractivity contribution in [2.45, 2.75) is 51.7 Å². The first-order chi connectivity index (χ1) is 17.9. The van der Waals surface area contributed by atoms with Crippen LogP contribution in [0.3, 0.4) is 0 Å². The first-order valence-corrected chi connectivity index (χ1v) is 14.3. The SMILES string of the molecule is CCOC(=O)NCC(C)(C)C(=O)SCCO[P@]1(=O)OC[C@H]2O[C@@H](n3cnc4cnc(N)nc43)[C@](C)(O)[C@@H]2O1. The second kappa shape index (κ2) is 11.0. The highest BCUT2D eigenvalue weighted by atomic mass is 32.2. The van der Waals surface area contributed by atoms with Crippen molar-refractivity contribution >= 4 is 47.9 Å². The van der Waals surface area contributed by atoms with Crippen molar-refractivity contribution in [2.24, 2.45) is 5.41 Å². The predicted molar refractivity (Wildman–Crippen MR) is 135 cm³/mol. The van der Waals surface area contributed by atoms with Crippen LogP contribution in [0.25, 0.3) is 11.2 Å². The topological polar surface area (TPSA) is 199 Å². The van der Waals surface area contributed by atoms with E-state index < -0.39 is 43.4 Å². The molecule has 0 bridgehead atoms. The Morgan fingerprint density at radius 2 is 2.18 bits per heavy atom. The molecule has 2 aliphatic rings. The summed E-state index contributed by atoms with van der Waals surface area (Å²) >= 11 is 0.961. The highest BCUT2D eigenvalue weighted by Crippen LogP contribution is 2.58. The molecule has 2 fully saturated rings. The molecule has 2 aromatic rings. The maximum Gasteiger partial charge on any atom is 0.475 e. The largest absolute Gasteiger partial charge is 0.475 e. The number of amides is 1. The number of imidazole rings is 1. The summed E-state index contributed by atoms with van der Waals surface area (Å²) in [6.45, 7) is 6.58. The number of aliphatic hydroxyl groups is 1. The first-order valence-electron chi connectivity index (χ1n) is 11.8. The molecule has 38 heavy (non-hydrogen) atoms. The minimum Gasteiger partial charge on any atom is -0.450 e. The van der Waals surface area contributed by atoms with E-state index in [4.69, 9.17) is 28.8 Å². The number of rotatable bonds is 9. The number of hydrogen-bond donors (Lipinski definition) is 3. The number of hydrogen-bond acceptors (Lipinski definition) is 14. The molecular weight excluding hydrogens is 543 g/mol. The van der Waals surface area contributed by atoms with Crippen LogP contribution in [0.4, 0.5) is 10.7 Å². The number of nitrogen functional groups attached to an aromatic ring is 1. The molecule has 0 aromatic carbocycles. The van der Waals surface area contributed by atoms with Gasteiger partial charge >= 0.3 is 13.9 Å². The van der Waals surface area contributed by atoms with Crippen LogP contribution in [-0.2, 0) is 32.4 Å². The maximum atomic E-state index is 13.1. The Morgan fingerprint density at radius 3 is 2.92 bits per heavy atom. The molecule has 0 unspecified atom stereocenters. The Morgan fingerprint density at radius 1 is 1.42 bits per heavy atom. The van der Waals surface area contributed by atoms with Gasteiger partial charge in [-0.05, 0) is 13.8 Å². The average molecular weight is 575 g/mol. The number of nitrogens with zero attached hydrogens (tertiary/aromatic N) is 4. The molecular formula is C21H31N6O9PS. The average Bonchev–Trinajstić information content (AvgIpc) is 3.37. The number of fused-ring (bicyclic) bond motifs is 2. The second-order valence-electron chi connectivity index (χ2n) is 9.54. The third-order valence-corrected chi connectivity index (χ3v) is 8.65. The van der Waals surface area contributed by atoms with Crippen molar-refractivity contribution in [2.75, 3.05) is 37.9 Å². The molecule has 0 spiro atoms. The van der Waals surface area contributed by atoms with E-state index in [0.29, 0.717) is 11.2 Å². The van der Waals surface area contributed by atoms with E-state index in [-0.39, 0.29) is 43.2 Å². The van der Waals surface area contributed by atoms with Crippen LogP contribution >= 0.6 is 19.6 Å². The summed E-state index contributed by atoms with van der Waals surface area (Å²) in [5.74, 6) is 0.186. The van der Waals surface area contributed by atoms with E-state index in [1.807, 2.05) is 0 Å². The fourth-order valence-electron chi connectivity index (χ4n) is 3.98. The van der Waals surface area contributed by atoms with E-state index in [2.05, 4.69) is 20.3 Å². The summed E-state index contributed by atoms with van der Waals surface area (Å²) in [5.41, 5.74) is 3.97. The van der Waals surface area contributed by atoms with Gasteiger partial charge in [0.05, 0.1) is 37.8 Å². The molecule has 5 atom stereocenters. The molecule has 17 heteroatoms.